The lowest BCUT2D eigenvalue weighted by molar-refractivity contribution is 0.928. The molecular weight excluding hydrogens is 74.1 g/mol. The van der Waals surface area contributed by atoms with Crippen LogP contribution in [0.2, 0.25) is 0 Å². The van der Waals surface area contributed by atoms with E-state index in [1.807, 2.05) is 0 Å². The van der Waals surface area contributed by atoms with E-state index < -0.39 is 0 Å². The summed E-state index contributed by atoms with van der Waals surface area (Å²) in [4.78, 5) is 0. The highest BCUT2D eigenvalue weighted by atomic mass is 14.9. The molecule has 0 radical (unpaired) electrons. The molecule has 0 aliphatic carbocycles. The molecule has 0 saturated carbocycles. The van der Waals surface area contributed by atoms with Gasteiger partial charge in [-0.05, 0) is 12.1 Å². The third kappa shape index (κ3) is 0.432. The Morgan fingerprint density at radius 2 is 2.67 bits per heavy atom. The maximum atomic E-state index is 7.08. The first-order chi connectivity index (χ1) is 3.70. The van der Waals surface area contributed by atoms with Crippen LogP contribution in [0.1, 0.15) is 2.74 Å². The first-order valence-electron chi connectivity index (χ1n) is 2.80. The standard InChI is InChI=1S/C5H7N/c1-6-4-2-3-5-6/h2-5H,1H3/i2D,5D. The molecule has 0 bridgehead atoms. The number of nitrogens with zero attached hydrogens (tertiary/aromatic N) is 1. The van der Waals surface area contributed by atoms with Crippen molar-refractivity contribution in [2.24, 2.45) is 7.05 Å². The van der Waals surface area contributed by atoms with Crippen molar-refractivity contribution in [1.29, 1.82) is 0 Å². The average Bonchev–Trinajstić information content (AvgIpc) is 1.85. The van der Waals surface area contributed by atoms with E-state index in [0.29, 0.717) is 12.2 Å². The molecule has 0 unspecified atom stereocenters. The Kier molecular flexibility index (Phi) is 0.355. The van der Waals surface area contributed by atoms with Gasteiger partial charge in [0.05, 0.1) is 2.74 Å². The average molecular weight is 83.1 g/mol. The first-order valence-corrected chi connectivity index (χ1v) is 1.80. The SMILES string of the molecule is [2H]c1cc([2H])n(C)c1. The second kappa shape index (κ2) is 1.17. The van der Waals surface area contributed by atoms with E-state index in [1.165, 1.54) is 6.07 Å². The molecule has 1 rings (SSSR count). The van der Waals surface area contributed by atoms with Crippen LogP contribution in [0, 0.1) is 0 Å². The molecule has 0 aromatic carbocycles. The minimum atomic E-state index is 0.384. The Hall–Kier alpha value is -0.720. The van der Waals surface area contributed by atoms with Crippen LogP contribution in [0.4, 0.5) is 0 Å². The van der Waals surface area contributed by atoms with E-state index >= 15 is 0 Å². The van der Waals surface area contributed by atoms with Crippen molar-refractivity contribution in [1.82, 2.24) is 4.57 Å². The van der Waals surface area contributed by atoms with Gasteiger partial charge >= 0.3 is 0 Å². The van der Waals surface area contributed by atoms with Crippen LogP contribution in [0.15, 0.2) is 24.5 Å². The second-order valence-corrected chi connectivity index (χ2v) is 1.18. The summed E-state index contributed by atoms with van der Waals surface area (Å²) in [5, 5.41) is 0. The van der Waals surface area contributed by atoms with Gasteiger partial charge in [-0.25, -0.2) is 0 Å². The van der Waals surface area contributed by atoms with Crippen molar-refractivity contribution in [2.45, 2.75) is 0 Å². The van der Waals surface area contributed by atoms with Crippen LogP contribution in [-0.2, 0) is 7.05 Å². The molecule has 0 saturated heterocycles. The summed E-state index contributed by atoms with van der Waals surface area (Å²) >= 11 is 0. The van der Waals surface area contributed by atoms with Gasteiger partial charge in [-0.15, -0.1) is 0 Å². The molecule has 1 heteroatoms. The quantitative estimate of drug-likeness (QED) is 0.441. The highest BCUT2D eigenvalue weighted by molar-refractivity contribution is 4.88. The zero-order valence-electron chi connectivity index (χ0n) is 5.60. The zero-order chi connectivity index (χ0) is 6.15. The highest BCUT2D eigenvalue weighted by Gasteiger charge is 1.68. The van der Waals surface area contributed by atoms with E-state index in [4.69, 9.17) is 2.74 Å². The topological polar surface area (TPSA) is 4.93 Å². The van der Waals surface area contributed by atoms with Crippen LogP contribution in [0.5, 0.6) is 0 Å². The monoisotopic (exact) mass is 83.1 g/mol. The number of hydrogen-bond donors (Lipinski definition) is 0. The molecule has 0 fully saturated rings. The lowest BCUT2D eigenvalue weighted by Gasteiger charge is -1.79. The smallest absolute Gasteiger partial charge is 0.0818 e. The fourth-order valence-electron chi connectivity index (χ4n) is 0.325. The number of rotatable bonds is 0. The van der Waals surface area contributed by atoms with Gasteiger partial charge in [-0.3, -0.25) is 0 Å². The van der Waals surface area contributed by atoms with Gasteiger partial charge < -0.3 is 4.57 Å². The molecule has 0 amide bonds. The lowest BCUT2D eigenvalue weighted by atomic mass is 10.7. The third-order valence-electron chi connectivity index (χ3n) is 0.620. The van der Waals surface area contributed by atoms with Gasteiger partial charge in [0, 0.05) is 19.4 Å². The molecule has 0 spiro atoms. The predicted molar refractivity (Wildman–Crippen MR) is 25.4 cm³/mol. The number of hydrogen-bond acceptors (Lipinski definition) is 0. The summed E-state index contributed by atoms with van der Waals surface area (Å²) in [5.74, 6) is 0. The van der Waals surface area contributed by atoms with Crippen molar-refractivity contribution in [3.05, 3.63) is 24.5 Å². The van der Waals surface area contributed by atoms with Crippen molar-refractivity contribution in [3.8, 4) is 0 Å². The Labute approximate surface area is 40.0 Å². The molecule has 0 N–H and O–H groups in total. The summed E-state index contributed by atoms with van der Waals surface area (Å²) in [6.07, 6.45) is 1.98. The molecule has 6 heavy (non-hydrogen) atoms. The van der Waals surface area contributed by atoms with Crippen LogP contribution < -0.4 is 0 Å². The number of aryl methyl sites for hydroxylation is 1. The maximum absolute atomic E-state index is 7.08. The van der Waals surface area contributed by atoms with Crippen molar-refractivity contribution >= 4 is 0 Å². The van der Waals surface area contributed by atoms with Crippen LogP contribution in [-0.4, -0.2) is 4.57 Å². The molecular formula is C5H7N. The fourth-order valence-corrected chi connectivity index (χ4v) is 0.325. The minimum absolute atomic E-state index is 0.384. The summed E-state index contributed by atoms with van der Waals surface area (Å²) in [6.45, 7) is 0. The molecule has 0 atom stereocenters. The lowest BCUT2D eigenvalue weighted by Crippen LogP contribution is -1.75. The molecule has 0 aliphatic rings. The van der Waals surface area contributed by atoms with E-state index in [1.54, 1.807) is 17.8 Å². The molecule has 1 heterocycles. The van der Waals surface area contributed by atoms with Gasteiger partial charge in [0.15, 0.2) is 0 Å². The largest absolute Gasteiger partial charge is 0.357 e. The Bertz CT molecular complexity index is 173. The Morgan fingerprint density at radius 3 is 2.83 bits per heavy atom. The summed E-state index contributed by atoms with van der Waals surface area (Å²) in [5.41, 5.74) is 0. The van der Waals surface area contributed by atoms with E-state index in [2.05, 4.69) is 0 Å². The normalized spacial score (nSPS) is 13.5. The second-order valence-electron chi connectivity index (χ2n) is 1.18. The van der Waals surface area contributed by atoms with Crippen molar-refractivity contribution in [2.75, 3.05) is 0 Å². The third-order valence-corrected chi connectivity index (χ3v) is 0.620. The Balaban J connectivity index is 3.14. The van der Waals surface area contributed by atoms with Gasteiger partial charge in [0.1, 0.15) is 0 Å². The van der Waals surface area contributed by atoms with Gasteiger partial charge in [-0.2, -0.15) is 0 Å². The minimum Gasteiger partial charge on any atom is -0.357 e. The summed E-state index contributed by atoms with van der Waals surface area (Å²) in [6, 6.07) is 1.90. The van der Waals surface area contributed by atoms with Crippen LogP contribution in [0.25, 0.3) is 0 Å². The molecule has 0 aliphatic heterocycles. The van der Waals surface area contributed by atoms with Gasteiger partial charge in [0.25, 0.3) is 0 Å². The maximum Gasteiger partial charge on any atom is 0.0818 e. The highest BCUT2D eigenvalue weighted by Crippen LogP contribution is 1.80. The van der Waals surface area contributed by atoms with Crippen LogP contribution >= 0.6 is 0 Å². The Morgan fingerprint density at radius 1 is 1.83 bits per heavy atom. The molecule has 1 aromatic heterocycles. The van der Waals surface area contributed by atoms with Crippen molar-refractivity contribution in [3.63, 3.8) is 0 Å². The first kappa shape index (κ1) is 1.82. The molecule has 32 valence electrons. The molecule has 1 aromatic rings. The fraction of sp³-hybridized carbons (Fsp3) is 0.200. The van der Waals surface area contributed by atoms with Crippen molar-refractivity contribution < 1.29 is 2.74 Å². The summed E-state index contributed by atoms with van der Waals surface area (Å²) < 4.78 is 15.7. The number of aromatic nitrogens is 1. The van der Waals surface area contributed by atoms with Crippen LogP contribution in [0.3, 0.4) is 0 Å². The van der Waals surface area contributed by atoms with E-state index in [0.717, 1.165) is 0 Å². The predicted octanol–water partition coefficient (Wildman–Crippen LogP) is 1.03. The van der Waals surface area contributed by atoms with E-state index in [-0.39, 0.29) is 0 Å². The zero-order valence-corrected chi connectivity index (χ0v) is 3.60. The molecule has 1 nitrogen and oxygen atoms in total. The van der Waals surface area contributed by atoms with Gasteiger partial charge in [-0.1, -0.05) is 0 Å². The van der Waals surface area contributed by atoms with Gasteiger partial charge in [0.2, 0.25) is 0 Å². The summed E-state index contributed by atoms with van der Waals surface area (Å²) in [7, 11) is 1.75. The van der Waals surface area contributed by atoms with E-state index in [9.17, 15) is 0 Å².